The molecule has 5 N–H and O–H groups in total. The summed E-state index contributed by atoms with van der Waals surface area (Å²) in [5.74, 6) is -0.590. The molecule has 0 bridgehead atoms. The molecule has 0 saturated heterocycles. The zero-order chi connectivity index (χ0) is 15.2. The lowest BCUT2D eigenvalue weighted by Crippen LogP contribution is -2.47. The van der Waals surface area contributed by atoms with Crippen LogP contribution in [0.15, 0.2) is 24.3 Å². The Morgan fingerprint density at radius 3 is 2.55 bits per heavy atom. The van der Waals surface area contributed by atoms with Crippen molar-refractivity contribution in [2.45, 2.75) is 44.6 Å². The van der Waals surface area contributed by atoms with Gasteiger partial charge in [-0.05, 0) is 30.9 Å². The minimum atomic E-state index is -0.313. The first-order chi connectivity index (χ1) is 10.1. The van der Waals surface area contributed by atoms with Gasteiger partial charge in [0.1, 0.15) is 0 Å². The molecular weight excluding hydrogens is 302 g/mol. The number of carbonyl (C=O) groups excluding carboxylic acids is 2. The highest BCUT2D eigenvalue weighted by Gasteiger charge is 2.30. The monoisotopic (exact) mass is 325 g/mol. The van der Waals surface area contributed by atoms with E-state index in [-0.39, 0.29) is 36.2 Å². The molecule has 1 fully saturated rings. The Morgan fingerprint density at radius 1 is 1.18 bits per heavy atom. The van der Waals surface area contributed by atoms with Gasteiger partial charge in [-0.25, -0.2) is 0 Å². The third-order valence-corrected chi connectivity index (χ3v) is 4.15. The van der Waals surface area contributed by atoms with Gasteiger partial charge in [-0.15, -0.1) is 12.4 Å². The number of nitrogens with two attached hydrogens (primary N) is 2. The molecule has 1 saturated carbocycles. The summed E-state index contributed by atoms with van der Waals surface area (Å²) in [4.78, 5) is 23.5. The van der Waals surface area contributed by atoms with Gasteiger partial charge in [-0.2, -0.15) is 0 Å². The Bertz CT molecular complexity index is 522. The normalized spacial score (nSPS) is 20.7. The van der Waals surface area contributed by atoms with Crippen LogP contribution in [0.3, 0.4) is 0 Å². The van der Waals surface area contributed by atoms with Crippen molar-refractivity contribution in [1.29, 1.82) is 0 Å². The molecule has 6 heteroatoms. The van der Waals surface area contributed by atoms with Crippen LogP contribution in [0.4, 0.5) is 5.69 Å². The van der Waals surface area contributed by atoms with Crippen molar-refractivity contribution in [2.75, 3.05) is 5.73 Å². The molecule has 122 valence electrons. The van der Waals surface area contributed by atoms with Gasteiger partial charge in [0.25, 0.3) is 0 Å². The first-order valence-corrected chi connectivity index (χ1v) is 7.50. The highest BCUT2D eigenvalue weighted by molar-refractivity contribution is 5.85. The fourth-order valence-corrected chi connectivity index (χ4v) is 2.93. The van der Waals surface area contributed by atoms with Crippen LogP contribution in [0, 0.1) is 5.92 Å². The van der Waals surface area contributed by atoms with Crippen LogP contribution < -0.4 is 16.8 Å². The number of halogens is 1. The van der Waals surface area contributed by atoms with E-state index < -0.39 is 0 Å². The maximum Gasteiger partial charge on any atom is 0.222 e. The third-order valence-electron chi connectivity index (χ3n) is 4.15. The maximum atomic E-state index is 12.1. The largest absolute Gasteiger partial charge is 0.399 e. The Kier molecular flexibility index (Phi) is 7.18. The summed E-state index contributed by atoms with van der Waals surface area (Å²) in [6.45, 7) is 0. The highest BCUT2D eigenvalue weighted by atomic mass is 35.5. The number of hydrogen-bond donors (Lipinski definition) is 3. The number of nitrogens with one attached hydrogen (secondary N) is 1. The molecule has 5 nitrogen and oxygen atoms in total. The van der Waals surface area contributed by atoms with Crippen LogP contribution in [0.1, 0.15) is 37.7 Å². The number of primary amides is 1. The van der Waals surface area contributed by atoms with Crippen LogP contribution in [0.5, 0.6) is 0 Å². The third kappa shape index (κ3) is 4.91. The minimum Gasteiger partial charge on any atom is -0.399 e. The predicted molar refractivity (Wildman–Crippen MR) is 89.5 cm³/mol. The minimum absolute atomic E-state index is 0. The molecule has 1 aromatic rings. The number of anilines is 1. The summed E-state index contributed by atoms with van der Waals surface area (Å²) in [5.41, 5.74) is 13.0. The van der Waals surface area contributed by atoms with Gasteiger partial charge in [0.15, 0.2) is 0 Å². The quantitative estimate of drug-likeness (QED) is 0.720. The molecule has 0 aromatic heterocycles. The van der Waals surface area contributed by atoms with Crippen molar-refractivity contribution in [3.05, 3.63) is 29.8 Å². The van der Waals surface area contributed by atoms with Crippen molar-refractivity contribution in [3.63, 3.8) is 0 Å². The molecule has 2 unspecified atom stereocenters. The topological polar surface area (TPSA) is 98.2 Å². The number of para-hydroxylation sites is 1. The Balaban J connectivity index is 0.00000242. The zero-order valence-electron chi connectivity index (χ0n) is 12.6. The lowest BCUT2D eigenvalue weighted by molar-refractivity contribution is -0.126. The van der Waals surface area contributed by atoms with Crippen molar-refractivity contribution < 1.29 is 9.59 Å². The second-order valence-corrected chi connectivity index (χ2v) is 5.67. The molecule has 1 aliphatic rings. The van der Waals surface area contributed by atoms with Crippen molar-refractivity contribution in [3.8, 4) is 0 Å². The fourth-order valence-electron chi connectivity index (χ4n) is 2.93. The Labute approximate surface area is 137 Å². The van der Waals surface area contributed by atoms with E-state index in [0.29, 0.717) is 18.5 Å². The van der Waals surface area contributed by atoms with Gasteiger partial charge in [0.2, 0.25) is 11.8 Å². The number of amides is 2. The first-order valence-electron chi connectivity index (χ1n) is 7.50. The molecule has 1 aliphatic carbocycles. The van der Waals surface area contributed by atoms with Gasteiger partial charge < -0.3 is 16.8 Å². The summed E-state index contributed by atoms with van der Waals surface area (Å²) >= 11 is 0. The summed E-state index contributed by atoms with van der Waals surface area (Å²) in [6, 6.07) is 7.43. The lowest BCUT2D eigenvalue weighted by Gasteiger charge is -2.30. The molecule has 2 atom stereocenters. The van der Waals surface area contributed by atoms with E-state index in [4.69, 9.17) is 11.5 Å². The molecular formula is C16H24ClN3O2. The van der Waals surface area contributed by atoms with Gasteiger partial charge in [-0.1, -0.05) is 31.0 Å². The summed E-state index contributed by atoms with van der Waals surface area (Å²) in [6.07, 6.45) is 4.60. The molecule has 1 aromatic carbocycles. The number of carbonyl (C=O) groups is 2. The van der Waals surface area contributed by atoms with Gasteiger partial charge in [0, 0.05) is 18.2 Å². The number of aryl methyl sites for hydroxylation is 1. The van der Waals surface area contributed by atoms with E-state index in [1.807, 2.05) is 24.3 Å². The van der Waals surface area contributed by atoms with E-state index >= 15 is 0 Å². The van der Waals surface area contributed by atoms with Gasteiger partial charge in [0.05, 0.1) is 5.92 Å². The summed E-state index contributed by atoms with van der Waals surface area (Å²) in [7, 11) is 0. The van der Waals surface area contributed by atoms with Crippen LogP contribution in [-0.2, 0) is 16.0 Å². The van der Waals surface area contributed by atoms with E-state index in [0.717, 1.165) is 31.2 Å². The molecule has 2 rings (SSSR count). The van der Waals surface area contributed by atoms with Crippen molar-refractivity contribution in [1.82, 2.24) is 5.32 Å². The number of nitrogen functional groups attached to an aromatic ring is 1. The highest BCUT2D eigenvalue weighted by Crippen LogP contribution is 2.24. The van der Waals surface area contributed by atoms with Gasteiger partial charge in [-0.3, -0.25) is 9.59 Å². The average Bonchev–Trinajstić information content (AvgIpc) is 2.47. The molecule has 22 heavy (non-hydrogen) atoms. The van der Waals surface area contributed by atoms with Crippen LogP contribution in [0.2, 0.25) is 0 Å². The molecule has 0 heterocycles. The zero-order valence-corrected chi connectivity index (χ0v) is 13.4. The SMILES string of the molecule is Cl.NC(=O)C1CCCCC1NC(=O)CCc1ccccc1N. The van der Waals surface area contributed by atoms with Crippen molar-refractivity contribution in [2.24, 2.45) is 11.7 Å². The van der Waals surface area contributed by atoms with Gasteiger partial charge >= 0.3 is 0 Å². The summed E-state index contributed by atoms with van der Waals surface area (Å²) < 4.78 is 0. The second-order valence-electron chi connectivity index (χ2n) is 5.67. The van der Waals surface area contributed by atoms with E-state index in [9.17, 15) is 9.59 Å². The standard InChI is InChI=1S/C16H23N3O2.ClH/c17-13-7-3-1-5-11(13)9-10-15(20)19-14-8-4-2-6-12(14)16(18)21;/h1,3,5,7,12,14H,2,4,6,8-10,17H2,(H2,18,21)(H,19,20);1H. The molecule has 0 spiro atoms. The van der Waals surface area contributed by atoms with Crippen molar-refractivity contribution >= 4 is 29.9 Å². The average molecular weight is 326 g/mol. The Morgan fingerprint density at radius 2 is 1.86 bits per heavy atom. The number of hydrogen-bond acceptors (Lipinski definition) is 3. The predicted octanol–water partition coefficient (Wildman–Crippen LogP) is 1.78. The van der Waals surface area contributed by atoms with Crippen LogP contribution in [-0.4, -0.2) is 17.9 Å². The maximum absolute atomic E-state index is 12.1. The first kappa shape index (κ1) is 18.3. The van der Waals surface area contributed by atoms with E-state index in [2.05, 4.69) is 5.32 Å². The Hall–Kier alpha value is -1.75. The summed E-state index contributed by atoms with van der Waals surface area (Å²) in [5, 5.41) is 2.96. The molecule has 0 radical (unpaired) electrons. The van der Waals surface area contributed by atoms with E-state index in [1.165, 1.54) is 0 Å². The van der Waals surface area contributed by atoms with Crippen LogP contribution in [0.25, 0.3) is 0 Å². The fraction of sp³-hybridized carbons (Fsp3) is 0.500. The number of benzene rings is 1. The van der Waals surface area contributed by atoms with Crippen LogP contribution >= 0.6 is 12.4 Å². The lowest BCUT2D eigenvalue weighted by atomic mass is 9.84. The second kappa shape index (κ2) is 8.63. The smallest absolute Gasteiger partial charge is 0.222 e. The van der Waals surface area contributed by atoms with E-state index in [1.54, 1.807) is 0 Å². The number of rotatable bonds is 5. The molecule has 0 aliphatic heterocycles. The molecule has 2 amide bonds.